The second-order valence-electron chi connectivity index (χ2n) is 4.53. The molecule has 2 aromatic rings. The summed E-state index contributed by atoms with van der Waals surface area (Å²) in [6.45, 7) is 0. The molecule has 0 bridgehead atoms. The van der Waals surface area contributed by atoms with E-state index >= 15 is 0 Å². The van der Waals surface area contributed by atoms with Gasteiger partial charge in [-0.3, -0.25) is 14.9 Å². The third-order valence-electron chi connectivity index (χ3n) is 3.06. The zero-order valence-corrected chi connectivity index (χ0v) is 12.4. The molecule has 1 amide bonds. The van der Waals surface area contributed by atoms with Crippen molar-refractivity contribution in [3.63, 3.8) is 0 Å². The Hall–Kier alpha value is -2.47. The predicted octanol–water partition coefficient (Wildman–Crippen LogP) is 3.41. The number of amides is 1. The average molecular weight is 320 g/mol. The molecule has 1 aromatic heterocycles. The number of nitro groups is 1. The molecule has 0 radical (unpaired) electrons. The monoisotopic (exact) mass is 319 g/mol. The normalized spacial score (nSPS) is 10.2. The summed E-state index contributed by atoms with van der Waals surface area (Å²) in [7, 11) is 0. The number of alkyl halides is 1. The Labute approximate surface area is 132 Å². The Bertz CT molecular complexity index is 691. The smallest absolute Gasteiger partial charge is 0.301 e. The second kappa shape index (κ2) is 7.51. The largest absolute Gasteiger partial charge is 0.311 e. The molecular formula is C15H14ClN3O3. The van der Waals surface area contributed by atoms with E-state index in [1.807, 2.05) is 12.1 Å². The molecule has 1 N–H and O–H groups in total. The fourth-order valence-corrected chi connectivity index (χ4v) is 2.17. The van der Waals surface area contributed by atoms with E-state index in [2.05, 4.69) is 10.3 Å². The lowest BCUT2D eigenvalue weighted by Gasteiger charge is -2.09. The predicted molar refractivity (Wildman–Crippen MR) is 84.3 cm³/mol. The maximum absolute atomic E-state index is 12.4. The van der Waals surface area contributed by atoms with E-state index in [1.165, 1.54) is 18.3 Å². The van der Waals surface area contributed by atoms with E-state index in [4.69, 9.17) is 11.6 Å². The minimum Gasteiger partial charge on any atom is -0.301 e. The van der Waals surface area contributed by atoms with E-state index in [0.29, 0.717) is 17.9 Å². The lowest BCUT2D eigenvalue weighted by atomic mass is 10.0. The van der Waals surface area contributed by atoms with E-state index < -0.39 is 10.8 Å². The average Bonchev–Trinajstić information content (AvgIpc) is 2.53. The van der Waals surface area contributed by atoms with E-state index in [1.54, 1.807) is 12.1 Å². The van der Waals surface area contributed by atoms with Crippen LogP contribution in [0.25, 0.3) is 0 Å². The van der Waals surface area contributed by atoms with Gasteiger partial charge in [0.1, 0.15) is 0 Å². The summed E-state index contributed by atoms with van der Waals surface area (Å²) in [4.78, 5) is 26.6. The fraction of sp³-hybridized carbons (Fsp3) is 0.200. The Kier molecular flexibility index (Phi) is 5.43. The lowest BCUT2D eigenvalue weighted by molar-refractivity contribution is -0.384. The zero-order chi connectivity index (χ0) is 15.9. The second-order valence-corrected chi connectivity index (χ2v) is 4.91. The molecule has 0 fully saturated rings. The Balaban J connectivity index is 2.25. The van der Waals surface area contributed by atoms with Crippen molar-refractivity contribution >= 4 is 29.0 Å². The summed E-state index contributed by atoms with van der Waals surface area (Å²) in [6, 6.07) is 9.84. The van der Waals surface area contributed by atoms with Gasteiger partial charge in [-0.25, -0.2) is 4.98 Å². The third-order valence-corrected chi connectivity index (χ3v) is 3.32. The molecule has 22 heavy (non-hydrogen) atoms. The maximum atomic E-state index is 12.4. The first-order valence-corrected chi connectivity index (χ1v) is 7.21. The highest BCUT2D eigenvalue weighted by atomic mass is 35.5. The minimum absolute atomic E-state index is 0.0651. The van der Waals surface area contributed by atoms with Crippen LogP contribution in [-0.4, -0.2) is 21.7 Å². The molecule has 0 aliphatic rings. The van der Waals surface area contributed by atoms with Crippen LogP contribution in [0.2, 0.25) is 0 Å². The van der Waals surface area contributed by atoms with Gasteiger partial charge in [0.05, 0.1) is 4.92 Å². The van der Waals surface area contributed by atoms with Crippen molar-refractivity contribution < 1.29 is 9.72 Å². The molecular weight excluding hydrogens is 306 g/mol. The summed E-state index contributed by atoms with van der Waals surface area (Å²) < 4.78 is 0. The van der Waals surface area contributed by atoms with Gasteiger partial charge >= 0.3 is 5.69 Å². The van der Waals surface area contributed by atoms with Crippen LogP contribution >= 0.6 is 11.6 Å². The van der Waals surface area contributed by atoms with Gasteiger partial charge in [-0.15, -0.1) is 11.6 Å². The third kappa shape index (κ3) is 3.79. The van der Waals surface area contributed by atoms with Crippen LogP contribution in [0.3, 0.4) is 0 Å². The summed E-state index contributed by atoms with van der Waals surface area (Å²) in [5, 5.41) is 13.4. The molecule has 0 spiro atoms. The first-order chi connectivity index (χ1) is 10.6. The van der Waals surface area contributed by atoms with Crippen LogP contribution in [0.5, 0.6) is 0 Å². The van der Waals surface area contributed by atoms with Crippen molar-refractivity contribution in [3.8, 4) is 0 Å². The Morgan fingerprint density at radius 3 is 2.77 bits per heavy atom. The molecule has 0 saturated carbocycles. The first-order valence-electron chi connectivity index (χ1n) is 6.68. The highest BCUT2D eigenvalue weighted by molar-refractivity contribution is 6.17. The number of carbonyl (C=O) groups excluding carboxylic acids is 1. The molecule has 114 valence electrons. The maximum Gasteiger partial charge on any atom is 0.311 e. The number of hydrogen-bond donors (Lipinski definition) is 1. The van der Waals surface area contributed by atoms with E-state index in [9.17, 15) is 14.9 Å². The highest BCUT2D eigenvalue weighted by Gasteiger charge is 2.18. The number of halogens is 1. The summed E-state index contributed by atoms with van der Waals surface area (Å²) in [6.07, 6.45) is 2.80. The molecule has 2 rings (SSSR count). The van der Waals surface area contributed by atoms with Crippen LogP contribution in [-0.2, 0) is 6.42 Å². The molecule has 1 aromatic carbocycles. The Morgan fingerprint density at radius 2 is 2.05 bits per heavy atom. The van der Waals surface area contributed by atoms with E-state index in [0.717, 1.165) is 12.0 Å². The molecule has 0 unspecified atom stereocenters. The van der Waals surface area contributed by atoms with Crippen molar-refractivity contribution in [1.82, 2.24) is 4.98 Å². The number of carbonyl (C=O) groups is 1. The van der Waals surface area contributed by atoms with Crippen molar-refractivity contribution in [2.75, 3.05) is 11.2 Å². The summed E-state index contributed by atoms with van der Waals surface area (Å²) in [5.41, 5.74) is 1.07. The summed E-state index contributed by atoms with van der Waals surface area (Å²) >= 11 is 5.68. The number of aryl methyl sites for hydroxylation is 1. The molecule has 0 atom stereocenters. The van der Waals surface area contributed by atoms with Crippen molar-refractivity contribution in [2.45, 2.75) is 12.8 Å². The highest BCUT2D eigenvalue weighted by Crippen LogP contribution is 2.22. The van der Waals surface area contributed by atoms with Gasteiger partial charge in [0.2, 0.25) is 5.82 Å². The number of anilines is 1. The molecule has 6 nitrogen and oxygen atoms in total. The number of hydrogen-bond acceptors (Lipinski definition) is 4. The molecule has 1 heterocycles. The number of pyridine rings is 1. The molecule has 0 aliphatic heterocycles. The van der Waals surface area contributed by atoms with Crippen LogP contribution in [0.4, 0.5) is 11.5 Å². The quantitative estimate of drug-likeness (QED) is 0.502. The van der Waals surface area contributed by atoms with Gasteiger partial charge in [-0.2, -0.15) is 0 Å². The minimum atomic E-state index is -0.581. The van der Waals surface area contributed by atoms with Crippen LogP contribution in [0.15, 0.2) is 42.6 Å². The van der Waals surface area contributed by atoms with Crippen molar-refractivity contribution in [2.24, 2.45) is 0 Å². The van der Waals surface area contributed by atoms with Gasteiger partial charge in [0, 0.05) is 23.7 Å². The van der Waals surface area contributed by atoms with Crippen LogP contribution < -0.4 is 5.32 Å². The summed E-state index contributed by atoms with van der Waals surface area (Å²) in [5.74, 6) is 0.0124. The SMILES string of the molecule is O=C(Nc1ncccc1[N+](=O)[O-])c1ccccc1CCCCl. The van der Waals surface area contributed by atoms with E-state index in [-0.39, 0.29) is 11.5 Å². The lowest BCUT2D eigenvalue weighted by Crippen LogP contribution is -2.16. The molecule has 7 heteroatoms. The van der Waals surface area contributed by atoms with Gasteiger partial charge < -0.3 is 5.32 Å². The number of nitrogens with zero attached hydrogens (tertiary/aromatic N) is 2. The molecule has 0 saturated heterocycles. The van der Waals surface area contributed by atoms with Crippen LogP contribution in [0.1, 0.15) is 22.3 Å². The first kappa shape index (κ1) is 15.9. The van der Waals surface area contributed by atoms with Gasteiger partial charge in [-0.05, 0) is 30.5 Å². The number of rotatable bonds is 6. The van der Waals surface area contributed by atoms with Gasteiger partial charge in [0.25, 0.3) is 5.91 Å². The van der Waals surface area contributed by atoms with Crippen molar-refractivity contribution in [3.05, 3.63) is 63.8 Å². The topological polar surface area (TPSA) is 85.1 Å². The number of benzene rings is 1. The number of aromatic nitrogens is 1. The van der Waals surface area contributed by atoms with Gasteiger partial charge in [-0.1, -0.05) is 18.2 Å². The zero-order valence-electron chi connectivity index (χ0n) is 11.7. The Morgan fingerprint density at radius 1 is 1.27 bits per heavy atom. The molecule has 0 aliphatic carbocycles. The standard InChI is InChI=1S/C15H14ClN3O3/c16-9-3-6-11-5-1-2-7-12(11)15(20)18-14-13(19(21)22)8-4-10-17-14/h1-2,4-5,7-8,10H,3,6,9H2,(H,17,18,20). The van der Waals surface area contributed by atoms with Crippen LogP contribution in [0, 0.1) is 10.1 Å². The van der Waals surface area contributed by atoms with Gasteiger partial charge in [0.15, 0.2) is 0 Å². The number of nitrogens with one attached hydrogen (secondary N) is 1. The van der Waals surface area contributed by atoms with Crippen molar-refractivity contribution in [1.29, 1.82) is 0 Å². The fourth-order valence-electron chi connectivity index (χ4n) is 2.03.